The van der Waals surface area contributed by atoms with Crippen LogP contribution in [-0.2, 0) is 45.4 Å². The van der Waals surface area contributed by atoms with E-state index < -0.39 is 0 Å². The largest absolute Gasteiger partial charge is 0.497 e. The van der Waals surface area contributed by atoms with Gasteiger partial charge in [0.1, 0.15) is 23.0 Å². The maximum absolute atomic E-state index is 6.93. The topological polar surface area (TPSA) is 73.8 Å². The lowest BCUT2D eigenvalue weighted by Gasteiger charge is -2.32. The molecule has 334 valence electrons. The van der Waals surface area contributed by atoms with Crippen LogP contribution in [0.15, 0.2) is 110 Å². The van der Waals surface area contributed by atoms with Crippen molar-refractivity contribution in [1.29, 1.82) is 0 Å². The summed E-state index contributed by atoms with van der Waals surface area (Å²) in [4.78, 5) is 0. The van der Waals surface area contributed by atoms with E-state index in [9.17, 15) is 0 Å². The fourth-order valence-corrected chi connectivity index (χ4v) is 7.48. The first-order chi connectivity index (χ1) is 30.0. The Balaban J connectivity index is 1.55. The molecule has 0 aliphatic heterocycles. The molecule has 0 bridgehead atoms. The molecule has 61 heavy (non-hydrogen) atoms. The molecular weight excluding hydrogens is 765 g/mol. The molecule has 0 saturated heterocycles. The second-order valence-electron chi connectivity index (χ2n) is 15.9. The first kappa shape index (κ1) is 49.3. The van der Waals surface area contributed by atoms with Crippen molar-refractivity contribution in [3.63, 3.8) is 0 Å². The van der Waals surface area contributed by atoms with Gasteiger partial charge in [0.25, 0.3) is 0 Å². The Bertz CT molecular complexity index is 1690. The molecule has 4 atom stereocenters. The van der Waals surface area contributed by atoms with E-state index in [2.05, 4.69) is 37.8 Å². The van der Waals surface area contributed by atoms with Gasteiger partial charge >= 0.3 is 0 Å². The Kier molecular flexibility index (Phi) is 24.1. The second-order valence-corrected chi connectivity index (χ2v) is 15.9. The van der Waals surface area contributed by atoms with Crippen LogP contribution in [0.1, 0.15) is 119 Å². The maximum Gasteiger partial charge on any atom is 0.118 e. The van der Waals surface area contributed by atoms with Gasteiger partial charge in [-0.2, -0.15) is 0 Å². The summed E-state index contributed by atoms with van der Waals surface area (Å²) in [6.07, 6.45) is 16.9. The fraction of sp³-hybridized carbons (Fsp3) is 0.509. The maximum atomic E-state index is 6.93. The minimum absolute atomic E-state index is 0.130. The molecule has 8 heteroatoms. The van der Waals surface area contributed by atoms with E-state index in [4.69, 9.17) is 37.9 Å². The van der Waals surface area contributed by atoms with Crippen molar-refractivity contribution in [3.05, 3.63) is 132 Å². The zero-order valence-corrected chi connectivity index (χ0v) is 37.8. The number of ether oxygens (including phenoxy) is 8. The molecule has 0 spiro atoms. The Morgan fingerprint density at radius 1 is 0.377 bits per heavy atom. The molecule has 0 radical (unpaired) electrons. The van der Waals surface area contributed by atoms with E-state index in [1.54, 1.807) is 28.4 Å². The molecule has 0 amide bonds. The molecule has 0 aliphatic rings. The van der Waals surface area contributed by atoms with E-state index in [0.29, 0.717) is 45.7 Å². The van der Waals surface area contributed by atoms with Crippen LogP contribution in [-0.4, -0.2) is 52.9 Å². The van der Waals surface area contributed by atoms with Crippen LogP contribution in [0.4, 0.5) is 0 Å². The molecule has 0 fully saturated rings. The van der Waals surface area contributed by atoms with Crippen LogP contribution in [0.5, 0.6) is 23.0 Å². The highest BCUT2D eigenvalue weighted by atomic mass is 16.5. The number of methoxy groups -OCH3 is 4. The van der Waals surface area contributed by atoms with Crippen molar-refractivity contribution in [3.8, 4) is 23.0 Å². The van der Waals surface area contributed by atoms with E-state index in [1.165, 1.54) is 57.8 Å². The van der Waals surface area contributed by atoms with Gasteiger partial charge in [-0.15, -0.1) is 6.58 Å². The summed E-state index contributed by atoms with van der Waals surface area (Å²) in [7, 11) is 6.74. The summed E-state index contributed by atoms with van der Waals surface area (Å²) in [5, 5.41) is 0. The van der Waals surface area contributed by atoms with E-state index >= 15 is 0 Å². The third-order valence-corrected chi connectivity index (χ3v) is 11.3. The van der Waals surface area contributed by atoms with Gasteiger partial charge < -0.3 is 37.9 Å². The number of benzene rings is 4. The van der Waals surface area contributed by atoms with Crippen LogP contribution >= 0.6 is 0 Å². The molecule has 8 nitrogen and oxygen atoms in total. The molecule has 0 aliphatic carbocycles. The van der Waals surface area contributed by atoms with Crippen LogP contribution in [0, 0.1) is 0 Å². The van der Waals surface area contributed by atoms with Crippen molar-refractivity contribution in [2.24, 2.45) is 0 Å². The van der Waals surface area contributed by atoms with Crippen molar-refractivity contribution in [2.75, 3.05) is 28.4 Å². The normalized spacial score (nSPS) is 13.3. The molecule has 0 aromatic heterocycles. The summed E-state index contributed by atoms with van der Waals surface area (Å²) < 4.78 is 49.0. The van der Waals surface area contributed by atoms with E-state index in [1.807, 2.05) is 78.9 Å². The van der Waals surface area contributed by atoms with E-state index in [0.717, 1.165) is 58.1 Å². The lowest BCUT2D eigenvalue weighted by atomic mass is 9.96. The molecule has 4 aromatic rings. The highest BCUT2D eigenvalue weighted by molar-refractivity contribution is 5.29. The van der Waals surface area contributed by atoms with Crippen molar-refractivity contribution in [1.82, 2.24) is 0 Å². The van der Waals surface area contributed by atoms with Gasteiger partial charge in [0, 0.05) is 0 Å². The zero-order valence-electron chi connectivity index (χ0n) is 37.8. The fourth-order valence-electron chi connectivity index (χ4n) is 7.48. The van der Waals surface area contributed by atoms with Gasteiger partial charge in [-0.1, -0.05) is 126 Å². The molecule has 1 unspecified atom stereocenters. The Morgan fingerprint density at radius 2 is 0.656 bits per heavy atom. The number of rotatable bonds is 34. The van der Waals surface area contributed by atoms with Gasteiger partial charge in [0.05, 0.1) is 79.3 Å². The molecule has 0 heterocycles. The van der Waals surface area contributed by atoms with Crippen LogP contribution < -0.4 is 18.9 Å². The Labute approximate surface area is 367 Å². The van der Waals surface area contributed by atoms with Gasteiger partial charge in [-0.25, -0.2) is 0 Å². The number of hydrogen-bond acceptors (Lipinski definition) is 8. The van der Waals surface area contributed by atoms with E-state index in [-0.39, 0.29) is 24.4 Å². The van der Waals surface area contributed by atoms with Gasteiger partial charge in [0.2, 0.25) is 0 Å². The second kappa shape index (κ2) is 29.8. The van der Waals surface area contributed by atoms with Crippen molar-refractivity contribution in [2.45, 2.75) is 148 Å². The van der Waals surface area contributed by atoms with Gasteiger partial charge in [-0.05, 0) is 96.5 Å². The highest BCUT2D eigenvalue weighted by Gasteiger charge is 2.29. The lowest BCUT2D eigenvalue weighted by Crippen LogP contribution is -2.36. The minimum atomic E-state index is -0.245. The minimum Gasteiger partial charge on any atom is -0.497 e. The van der Waals surface area contributed by atoms with Crippen molar-refractivity contribution >= 4 is 0 Å². The first-order valence-corrected chi connectivity index (χ1v) is 22.6. The number of unbranched alkanes of at least 4 members (excludes halogenated alkanes) is 9. The van der Waals surface area contributed by atoms with Crippen LogP contribution in [0.25, 0.3) is 0 Å². The third kappa shape index (κ3) is 19.1. The zero-order chi connectivity index (χ0) is 43.3. The highest BCUT2D eigenvalue weighted by Crippen LogP contribution is 2.27. The molecule has 4 rings (SSSR count). The van der Waals surface area contributed by atoms with Gasteiger partial charge in [-0.3, -0.25) is 0 Å². The lowest BCUT2D eigenvalue weighted by molar-refractivity contribution is -0.114. The monoisotopic (exact) mass is 839 g/mol. The average Bonchev–Trinajstić information content (AvgIpc) is 3.31. The summed E-state index contributed by atoms with van der Waals surface area (Å²) in [5.41, 5.74) is 4.31. The smallest absolute Gasteiger partial charge is 0.118 e. The van der Waals surface area contributed by atoms with Crippen LogP contribution in [0.2, 0.25) is 0 Å². The Hall–Kier alpha value is -4.34. The summed E-state index contributed by atoms with van der Waals surface area (Å²) in [6.45, 7) is 8.19. The molecule has 0 N–H and O–H groups in total. The van der Waals surface area contributed by atoms with Crippen molar-refractivity contribution < 1.29 is 37.9 Å². The van der Waals surface area contributed by atoms with Crippen LogP contribution in [0.3, 0.4) is 0 Å². The third-order valence-electron chi connectivity index (χ3n) is 11.3. The van der Waals surface area contributed by atoms with Gasteiger partial charge in [0.15, 0.2) is 0 Å². The predicted octanol–water partition coefficient (Wildman–Crippen LogP) is 13.0. The summed E-state index contributed by atoms with van der Waals surface area (Å²) >= 11 is 0. The summed E-state index contributed by atoms with van der Waals surface area (Å²) in [6, 6.07) is 32.3. The predicted molar refractivity (Wildman–Crippen MR) is 247 cm³/mol. The SMILES string of the molecule is C=CCC(OCc1ccc(OC)cc1)[C@@H](CC[C@@H](OCc1ccc(OC)cc1)[C@@H](CCCCCCCCCCCC)OCc1ccc(OC)cc1)OCc1ccc(OC)cc1. The quantitative estimate of drug-likeness (QED) is 0.0340. The first-order valence-electron chi connectivity index (χ1n) is 22.6. The number of hydrogen-bond donors (Lipinski definition) is 0. The summed E-state index contributed by atoms with van der Waals surface area (Å²) in [5.74, 6) is 3.28. The molecule has 0 saturated carbocycles. The average molecular weight is 839 g/mol. The standard InChI is InChI=1S/C53H74O8/c1-7-9-10-11-12-13-14-15-16-17-19-51(59-39-43-22-30-47(55-4)31-23-43)53(61-41-45-26-34-49(57-6)35-27-45)37-36-52(60-40-44-24-32-48(56-5)33-25-44)50(18-8-2)58-38-42-20-28-46(54-3)29-21-42/h8,20-35,50-53H,2,7,9-19,36-41H2,1,3-6H3/t50?,51-,52-,53-/m1/s1. The molecule has 4 aromatic carbocycles. The Morgan fingerprint density at radius 3 is 0.967 bits per heavy atom. The molecular formula is C53H74O8.